The summed E-state index contributed by atoms with van der Waals surface area (Å²) >= 11 is 0. The van der Waals surface area contributed by atoms with Gasteiger partial charge in [0.1, 0.15) is 0 Å². The predicted octanol–water partition coefficient (Wildman–Crippen LogP) is 1.90. The van der Waals surface area contributed by atoms with E-state index in [0.717, 1.165) is 5.82 Å². The molecule has 0 saturated carbocycles. The molecule has 0 bridgehead atoms. The van der Waals surface area contributed by atoms with Gasteiger partial charge in [0.15, 0.2) is 0 Å². The SMILES string of the molecule is CC.[CH2-]C(C)=O.[Y].[c-]1nccc(-n2cccn2)n1. The Labute approximate surface area is 133 Å². The van der Waals surface area contributed by atoms with Crippen LogP contribution in [0.1, 0.15) is 20.8 Å². The zero-order valence-corrected chi connectivity index (χ0v) is 13.7. The second-order valence-electron chi connectivity index (χ2n) is 2.67. The van der Waals surface area contributed by atoms with Gasteiger partial charge in [-0.3, -0.25) is 4.68 Å². The summed E-state index contributed by atoms with van der Waals surface area (Å²) in [4.78, 5) is 16.9. The quantitative estimate of drug-likeness (QED) is 0.753. The number of aromatic nitrogens is 4. The zero-order valence-electron chi connectivity index (χ0n) is 10.9. The number of carbonyl (C=O) groups is 1. The van der Waals surface area contributed by atoms with Gasteiger partial charge in [0.2, 0.25) is 0 Å². The fourth-order valence-electron chi connectivity index (χ4n) is 0.787. The summed E-state index contributed by atoms with van der Waals surface area (Å²) in [5.74, 6) is 0.644. The van der Waals surface area contributed by atoms with Crippen LogP contribution in [0.2, 0.25) is 0 Å². The predicted molar refractivity (Wildman–Crippen MR) is 65.4 cm³/mol. The molecule has 0 aliphatic heterocycles. The Balaban J connectivity index is 0. The first kappa shape index (κ1) is 19.3. The molecule has 2 heterocycles. The van der Waals surface area contributed by atoms with E-state index in [9.17, 15) is 4.79 Å². The number of nitrogens with zero attached hydrogens (tertiary/aromatic N) is 4. The third-order valence-corrected chi connectivity index (χ3v) is 1.26. The third-order valence-electron chi connectivity index (χ3n) is 1.26. The van der Waals surface area contributed by atoms with Gasteiger partial charge in [-0.1, -0.05) is 20.0 Å². The minimum absolute atomic E-state index is 0. The Morgan fingerprint density at radius 2 is 2.00 bits per heavy atom. The smallest absolute Gasteiger partial charge is 0.0482 e. The minimum atomic E-state index is -0.0833. The fraction of sp³-hybridized carbons (Fsp3) is 0.250. The van der Waals surface area contributed by atoms with Crippen LogP contribution < -0.4 is 0 Å². The molecule has 0 saturated heterocycles. The maximum absolute atomic E-state index is 9.33. The molecule has 0 amide bonds. The number of carbonyl (C=O) groups excluding carboxylic acids is 1. The summed E-state index contributed by atoms with van der Waals surface area (Å²) < 4.78 is 1.65. The minimum Gasteiger partial charge on any atom is -0.374 e. The third kappa shape index (κ3) is 9.02. The molecule has 0 aliphatic carbocycles. The standard InChI is InChI=1S/C7H5N4.C3H5O.C2H6.Y/c1-3-10-11(5-1)7-2-4-8-6-9-7;1-3(2)4;1-2;/h1-5H;1H2,2H3;1-2H3;/q2*-1;;. The Kier molecular flexibility index (Phi) is 13.3. The van der Waals surface area contributed by atoms with Gasteiger partial charge >= 0.3 is 0 Å². The van der Waals surface area contributed by atoms with Crippen molar-refractivity contribution in [2.45, 2.75) is 20.8 Å². The van der Waals surface area contributed by atoms with Gasteiger partial charge < -0.3 is 21.7 Å². The van der Waals surface area contributed by atoms with E-state index in [1.165, 1.54) is 6.92 Å². The Bertz CT molecular complexity index is 399. The van der Waals surface area contributed by atoms with Crippen LogP contribution in [-0.2, 0) is 37.5 Å². The van der Waals surface area contributed by atoms with Crippen LogP contribution in [-0.4, -0.2) is 25.5 Å². The second kappa shape index (κ2) is 12.4. The van der Waals surface area contributed by atoms with E-state index < -0.39 is 0 Å². The molecular formula is C12H16N4OY-2. The van der Waals surface area contributed by atoms with Crippen molar-refractivity contribution in [1.82, 2.24) is 19.7 Å². The summed E-state index contributed by atoms with van der Waals surface area (Å²) in [6, 6.07) is 3.60. The van der Waals surface area contributed by atoms with E-state index in [-0.39, 0.29) is 38.5 Å². The van der Waals surface area contributed by atoms with E-state index in [2.05, 4.69) is 28.3 Å². The Morgan fingerprint density at radius 3 is 2.39 bits per heavy atom. The van der Waals surface area contributed by atoms with Crippen molar-refractivity contribution in [3.8, 4) is 5.82 Å². The summed E-state index contributed by atoms with van der Waals surface area (Å²) in [5, 5.41) is 3.99. The van der Waals surface area contributed by atoms with Gasteiger partial charge in [-0.2, -0.15) is 5.10 Å². The molecule has 0 aromatic carbocycles. The summed E-state index contributed by atoms with van der Waals surface area (Å²) in [6.07, 6.45) is 7.63. The van der Waals surface area contributed by atoms with Crippen LogP contribution >= 0.6 is 0 Å². The molecule has 0 spiro atoms. The van der Waals surface area contributed by atoms with Gasteiger partial charge in [0.05, 0.1) is 0 Å². The molecule has 0 aliphatic rings. The van der Waals surface area contributed by atoms with Crippen molar-refractivity contribution in [2.75, 3.05) is 0 Å². The van der Waals surface area contributed by atoms with Gasteiger partial charge in [0.25, 0.3) is 0 Å². The van der Waals surface area contributed by atoms with Crippen molar-refractivity contribution < 1.29 is 37.5 Å². The molecule has 2 aromatic rings. The molecule has 2 aromatic heterocycles. The van der Waals surface area contributed by atoms with E-state index in [4.69, 9.17) is 0 Å². The van der Waals surface area contributed by atoms with Gasteiger partial charge in [-0.15, -0.1) is 6.07 Å². The maximum atomic E-state index is 9.33. The Morgan fingerprint density at radius 1 is 1.39 bits per heavy atom. The van der Waals surface area contributed by atoms with Gasteiger partial charge in [-0.05, 0) is 18.8 Å². The molecule has 0 fully saturated rings. The fourth-order valence-corrected chi connectivity index (χ4v) is 0.787. The number of hydrogen-bond donors (Lipinski definition) is 0. The van der Waals surface area contributed by atoms with Crippen LogP contribution in [0.15, 0.2) is 30.7 Å². The number of ketones is 1. The van der Waals surface area contributed by atoms with Crippen molar-refractivity contribution >= 4 is 5.78 Å². The maximum Gasteiger partial charge on any atom is 0.0482 e. The number of rotatable bonds is 1. The van der Waals surface area contributed by atoms with Gasteiger partial charge in [0, 0.05) is 57.2 Å². The number of hydrogen-bond acceptors (Lipinski definition) is 4. The summed E-state index contributed by atoms with van der Waals surface area (Å²) in [7, 11) is 0. The first-order valence-corrected chi connectivity index (χ1v) is 5.22. The molecular weight excluding hydrogens is 305 g/mol. The average Bonchev–Trinajstić information content (AvgIpc) is 2.86. The van der Waals surface area contributed by atoms with Crippen molar-refractivity contribution in [2.24, 2.45) is 0 Å². The van der Waals surface area contributed by atoms with Crippen LogP contribution in [0.4, 0.5) is 0 Å². The molecule has 2 rings (SSSR count). The zero-order chi connectivity index (χ0) is 13.1. The molecule has 0 unspecified atom stereocenters. The average molecular weight is 321 g/mol. The van der Waals surface area contributed by atoms with E-state index in [0.29, 0.717) is 0 Å². The monoisotopic (exact) mass is 321 g/mol. The molecule has 1 radical (unpaired) electrons. The van der Waals surface area contributed by atoms with Crippen molar-refractivity contribution in [3.05, 3.63) is 44.0 Å². The largest absolute Gasteiger partial charge is 0.374 e. The molecule has 5 nitrogen and oxygen atoms in total. The molecule has 18 heavy (non-hydrogen) atoms. The Hall–Kier alpha value is -1.07. The van der Waals surface area contributed by atoms with E-state index >= 15 is 0 Å². The van der Waals surface area contributed by atoms with Crippen LogP contribution in [0.5, 0.6) is 0 Å². The number of Topliss-reactive ketones (excluding diaryl/α,β-unsaturated/α-hetero) is 1. The van der Waals surface area contributed by atoms with Crippen molar-refractivity contribution in [3.63, 3.8) is 0 Å². The molecule has 0 atom stereocenters. The topological polar surface area (TPSA) is 60.7 Å². The normalized spacial score (nSPS) is 7.72. The molecule has 0 N–H and O–H groups in total. The van der Waals surface area contributed by atoms with Gasteiger partial charge in [-0.25, -0.2) is 0 Å². The van der Waals surface area contributed by atoms with Crippen molar-refractivity contribution in [1.29, 1.82) is 0 Å². The van der Waals surface area contributed by atoms with Crippen LogP contribution in [0, 0.1) is 13.3 Å². The molecule has 6 heteroatoms. The first-order valence-electron chi connectivity index (χ1n) is 5.22. The summed E-state index contributed by atoms with van der Waals surface area (Å²) in [6.45, 7) is 8.42. The van der Waals surface area contributed by atoms with E-state index in [1.807, 2.05) is 26.1 Å². The molecule has 95 valence electrons. The summed E-state index contributed by atoms with van der Waals surface area (Å²) in [5.41, 5.74) is 0. The second-order valence-corrected chi connectivity index (χ2v) is 2.67. The first-order chi connectivity index (χ1) is 8.20. The van der Waals surface area contributed by atoms with Crippen LogP contribution in [0.25, 0.3) is 5.82 Å². The van der Waals surface area contributed by atoms with Crippen LogP contribution in [0.3, 0.4) is 0 Å². The van der Waals surface area contributed by atoms with E-state index in [1.54, 1.807) is 23.1 Å².